The number of aryl methyl sites for hydroxylation is 2. The molecular weight excluding hydrogens is 272 g/mol. The van der Waals surface area contributed by atoms with E-state index in [2.05, 4.69) is 63.2 Å². The first-order chi connectivity index (χ1) is 10.3. The summed E-state index contributed by atoms with van der Waals surface area (Å²) in [6.07, 6.45) is 3.01. The van der Waals surface area contributed by atoms with Crippen molar-refractivity contribution < 1.29 is 4.79 Å². The summed E-state index contributed by atoms with van der Waals surface area (Å²) in [5, 5.41) is 3.24. The highest BCUT2D eigenvalue weighted by Gasteiger charge is 2.27. The number of piperidine rings is 1. The number of hydrogen-bond acceptors (Lipinski definition) is 2. The molecule has 1 aromatic carbocycles. The number of hydrogen-bond donors (Lipinski definition) is 1. The van der Waals surface area contributed by atoms with Crippen LogP contribution in [0.2, 0.25) is 0 Å². The Morgan fingerprint density at radius 1 is 1.36 bits per heavy atom. The van der Waals surface area contributed by atoms with E-state index in [4.69, 9.17) is 0 Å². The van der Waals surface area contributed by atoms with Crippen LogP contribution in [0, 0.1) is 19.8 Å². The molecule has 0 radical (unpaired) electrons. The van der Waals surface area contributed by atoms with Gasteiger partial charge < -0.3 is 10.2 Å². The van der Waals surface area contributed by atoms with Gasteiger partial charge in [-0.25, -0.2) is 0 Å². The molecule has 1 aromatic rings. The average molecular weight is 302 g/mol. The second-order valence-corrected chi connectivity index (χ2v) is 7.47. The van der Waals surface area contributed by atoms with Crippen molar-refractivity contribution in [2.24, 2.45) is 5.92 Å². The number of nitrogens with one attached hydrogen (secondary N) is 1. The third-order valence-electron chi connectivity index (χ3n) is 4.70. The summed E-state index contributed by atoms with van der Waals surface area (Å²) < 4.78 is 0. The van der Waals surface area contributed by atoms with Crippen LogP contribution < -0.4 is 5.32 Å². The molecule has 0 spiro atoms. The van der Waals surface area contributed by atoms with Gasteiger partial charge in [0.05, 0.1) is 5.54 Å². The Morgan fingerprint density at radius 3 is 2.73 bits per heavy atom. The summed E-state index contributed by atoms with van der Waals surface area (Å²) in [4.78, 5) is 14.8. The van der Waals surface area contributed by atoms with Crippen LogP contribution in [-0.4, -0.2) is 30.9 Å². The molecule has 1 fully saturated rings. The minimum absolute atomic E-state index is 0.172. The first kappa shape index (κ1) is 17.0. The molecule has 2 rings (SSSR count). The largest absolute Gasteiger partial charge is 0.347 e. The van der Waals surface area contributed by atoms with E-state index in [-0.39, 0.29) is 11.4 Å². The fourth-order valence-corrected chi connectivity index (χ4v) is 3.68. The maximum atomic E-state index is 12.5. The third-order valence-corrected chi connectivity index (χ3v) is 4.70. The molecule has 122 valence electrons. The highest BCUT2D eigenvalue weighted by molar-refractivity contribution is 5.77. The predicted molar refractivity (Wildman–Crippen MR) is 91.9 cm³/mol. The predicted octanol–water partition coefficient (Wildman–Crippen LogP) is 3.39. The number of rotatable bonds is 4. The van der Waals surface area contributed by atoms with E-state index in [9.17, 15) is 4.79 Å². The Bertz CT molecular complexity index is 536. The molecule has 3 heteroatoms. The van der Waals surface area contributed by atoms with Crippen LogP contribution in [0.1, 0.15) is 49.8 Å². The Hall–Kier alpha value is -1.35. The van der Waals surface area contributed by atoms with Crippen molar-refractivity contribution in [1.82, 2.24) is 10.2 Å². The van der Waals surface area contributed by atoms with Gasteiger partial charge in [-0.3, -0.25) is 4.79 Å². The van der Waals surface area contributed by atoms with Crippen LogP contribution in [0.3, 0.4) is 0 Å². The third kappa shape index (κ3) is 4.33. The van der Waals surface area contributed by atoms with Crippen LogP contribution in [-0.2, 0) is 10.3 Å². The highest BCUT2D eigenvalue weighted by atomic mass is 16.1. The summed E-state index contributed by atoms with van der Waals surface area (Å²) in [6, 6.07) is 6.44. The van der Waals surface area contributed by atoms with Crippen molar-refractivity contribution >= 4 is 5.91 Å². The molecule has 1 saturated heterocycles. The topological polar surface area (TPSA) is 32.3 Å². The highest BCUT2D eigenvalue weighted by Crippen LogP contribution is 2.25. The van der Waals surface area contributed by atoms with Crippen molar-refractivity contribution in [3.63, 3.8) is 0 Å². The molecule has 1 aliphatic heterocycles. The minimum atomic E-state index is -0.324. The Balaban J connectivity index is 1.99. The fourth-order valence-electron chi connectivity index (χ4n) is 3.68. The van der Waals surface area contributed by atoms with Crippen molar-refractivity contribution in [1.29, 1.82) is 0 Å². The smallest absolute Gasteiger partial charge is 0.220 e. The van der Waals surface area contributed by atoms with Crippen LogP contribution in [0.5, 0.6) is 0 Å². The van der Waals surface area contributed by atoms with Gasteiger partial charge in [0.2, 0.25) is 5.91 Å². The van der Waals surface area contributed by atoms with Gasteiger partial charge in [0.15, 0.2) is 0 Å². The molecule has 1 heterocycles. The average Bonchev–Trinajstić information content (AvgIpc) is 2.36. The molecule has 22 heavy (non-hydrogen) atoms. The lowest BCUT2D eigenvalue weighted by Crippen LogP contribution is -2.43. The standard InChI is InChI=1S/C19H30N2O/c1-14-8-9-17(15(2)11-14)19(3,4)20-18(22)12-16-7-6-10-21(5)13-16/h8-9,11,16H,6-7,10,12-13H2,1-5H3,(H,20,22)/t16-/m0/s1. The molecule has 3 nitrogen and oxygen atoms in total. The van der Waals surface area contributed by atoms with Gasteiger partial charge in [-0.1, -0.05) is 23.8 Å². The number of nitrogens with zero attached hydrogens (tertiary/aromatic N) is 1. The van der Waals surface area contributed by atoms with Gasteiger partial charge in [-0.2, -0.15) is 0 Å². The summed E-state index contributed by atoms with van der Waals surface area (Å²) in [5.41, 5.74) is 3.37. The molecule has 1 N–H and O–H groups in total. The Labute approximate surface area is 135 Å². The number of likely N-dealkylation sites (tertiary alicyclic amines) is 1. The Kier molecular flexibility index (Phi) is 5.28. The van der Waals surface area contributed by atoms with Gasteiger partial charge in [0.1, 0.15) is 0 Å². The molecule has 1 aliphatic rings. The number of carbonyl (C=O) groups excluding carboxylic acids is 1. The molecular formula is C19H30N2O. The molecule has 0 bridgehead atoms. The first-order valence-corrected chi connectivity index (χ1v) is 8.35. The van der Waals surface area contributed by atoms with Gasteiger partial charge >= 0.3 is 0 Å². The number of amides is 1. The summed E-state index contributed by atoms with van der Waals surface area (Å²) in [5.74, 6) is 0.666. The van der Waals surface area contributed by atoms with E-state index in [1.807, 2.05) is 0 Å². The van der Waals surface area contributed by atoms with E-state index in [1.54, 1.807) is 0 Å². The minimum Gasteiger partial charge on any atom is -0.347 e. The van der Waals surface area contributed by atoms with Gasteiger partial charge in [-0.15, -0.1) is 0 Å². The quantitative estimate of drug-likeness (QED) is 0.924. The van der Waals surface area contributed by atoms with Crippen molar-refractivity contribution in [2.75, 3.05) is 20.1 Å². The lowest BCUT2D eigenvalue weighted by Gasteiger charge is -2.32. The second-order valence-electron chi connectivity index (χ2n) is 7.47. The van der Waals surface area contributed by atoms with Gasteiger partial charge in [-0.05, 0) is 71.2 Å². The van der Waals surface area contributed by atoms with Crippen molar-refractivity contribution in [2.45, 2.75) is 52.5 Å². The summed E-state index contributed by atoms with van der Waals surface area (Å²) in [7, 11) is 2.14. The molecule has 0 aromatic heterocycles. The molecule has 0 unspecified atom stereocenters. The lowest BCUT2D eigenvalue weighted by molar-refractivity contribution is -0.124. The second kappa shape index (κ2) is 6.82. The zero-order valence-corrected chi connectivity index (χ0v) is 14.7. The van der Waals surface area contributed by atoms with Crippen LogP contribution in [0.15, 0.2) is 18.2 Å². The number of carbonyl (C=O) groups is 1. The van der Waals surface area contributed by atoms with Crippen LogP contribution >= 0.6 is 0 Å². The maximum absolute atomic E-state index is 12.5. The lowest BCUT2D eigenvalue weighted by atomic mass is 9.88. The van der Waals surface area contributed by atoms with Gasteiger partial charge in [0.25, 0.3) is 0 Å². The van der Waals surface area contributed by atoms with E-state index in [0.29, 0.717) is 12.3 Å². The maximum Gasteiger partial charge on any atom is 0.220 e. The van der Waals surface area contributed by atoms with Crippen LogP contribution in [0.4, 0.5) is 0 Å². The fraction of sp³-hybridized carbons (Fsp3) is 0.632. The van der Waals surface area contributed by atoms with E-state index < -0.39 is 0 Å². The normalized spacial score (nSPS) is 20.0. The monoisotopic (exact) mass is 302 g/mol. The van der Waals surface area contributed by atoms with E-state index in [0.717, 1.165) is 13.1 Å². The molecule has 1 atom stereocenters. The van der Waals surface area contributed by atoms with Crippen molar-refractivity contribution in [3.8, 4) is 0 Å². The summed E-state index contributed by atoms with van der Waals surface area (Å²) in [6.45, 7) is 10.6. The molecule has 1 amide bonds. The zero-order valence-electron chi connectivity index (χ0n) is 14.7. The Morgan fingerprint density at radius 2 is 2.09 bits per heavy atom. The molecule has 0 aliphatic carbocycles. The summed E-state index contributed by atoms with van der Waals surface area (Å²) >= 11 is 0. The number of benzene rings is 1. The van der Waals surface area contributed by atoms with Crippen LogP contribution in [0.25, 0.3) is 0 Å². The molecule has 0 saturated carbocycles. The van der Waals surface area contributed by atoms with E-state index in [1.165, 1.54) is 29.5 Å². The van der Waals surface area contributed by atoms with Crippen molar-refractivity contribution in [3.05, 3.63) is 34.9 Å². The SMILES string of the molecule is Cc1ccc(C(C)(C)NC(=O)C[C@@H]2CCCN(C)C2)c(C)c1. The first-order valence-electron chi connectivity index (χ1n) is 8.35. The zero-order chi connectivity index (χ0) is 16.3. The van der Waals surface area contributed by atoms with Gasteiger partial charge in [0, 0.05) is 13.0 Å². The van der Waals surface area contributed by atoms with E-state index >= 15 is 0 Å².